The summed E-state index contributed by atoms with van der Waals surface area (Å²) in [5, 5.41) is 0. The van der Waals surface area contributed by atoms with Crippen molar-refractivity contribution in [1.82, 2.24) is 0 Å². The van der Waals surface area contributed by atoms with Gasteiger partial charge >= 0.3 is 0 Å². The summed E-state index contributed by atoms with van der Waals surface area (Å²) in [5.74, 6) is 0. The van der Waals surface area contributed by atoms with Crippen LogP contribution in [-0.2, 0) is 9.47 Å². The third-order valence-electron chi connectivity index (χ3n) is 6.96. The quantitative estimate of drug-likeness (QED) is 0.416. The van der Waals surface area contributed by atoms with Gasteiger partial charge in [-0.15, -0.1) is 11.6 Å². The Hall–Kier alpha value is 1.17. The lowest BCUT2D eigenvalue weighted by molar-refractivity contribution is -0.0701. The van der Waals surface area contributed by atoms with Crippen molar-refractivity contribution in [3.63, 3.8) is 0 Å². The minimum absolute atomic E-state index is 0.0197. The Morgan fingerprint density at radius 3 is 2.30 bits per heavy atom. The first-order valence-corrected chi connectivity index (χ1v) is 9.48. The van der Waals surface area contributed by atoms with Crippen LogP contribution in [0.1, 0.15) is 47.0 Å². The Labute approximate surface area is 142 Å². The number of alkyl halides is 3. The van der Waals surface area contributed by atoms with Crippen LogP contribution < -0.4 is 0 Å². The Morgan fingerprint density at radius 2 is 1.70 bits per heavy atom. The van der Waals surface area contributed by atoms with Crippen molar-refractivity contribution in [1.29, 1.82) is 0 Å². The molecule has 0 N–H and O–H groups in total. The van der Waals surface area contributed by atoms with Crippen molar-refractivity contribution in [3.8, 4) is 0 Å². The molecule has 0 aromatic rings. The fourth-order valence-corrected chi connectivity index (χ4v) is 6.85. The van der Waals surface area contributed by atoms with Crippen LogP contribution in [0.4, 0.5) is 0 Å². The first-order valence-electron chi connectivity index (χ1n) is 7.39. The highest BCUT2D eigenvalue weighted by molar-refractivity contribution is 9.10. The van der Waals surface area contributed by atoms with E-state index in [1.165, 1.54) is 0 Å². The maximum absolute atomic E-state index is 6.68. The van der Waals surface area contributed by atoms with Gasteiger partial charge in [0.15, 0.2) is 4.51 Å². The summed E-state index contributed by atoms with van der Waals surface area (Å²) in [5.41, 5.74) is 0.0594. The number of hydrogen-bond donors (Lipinski definition) is 0. The highest BCUT2D eigenvalue weighted by Gasteiger charge is 2.89. The smallest absolute Gasteiger partial charge is 0.157 e. The van der Waals surface area contributed by atoms with Crippen molar-refractivity contribution < 1.29 is 9.47 Å². The van der Waals surface area contributed by atoms with Gasteiger partial charge in [-0.05, 0) is 33.1 Å². The predicted molar refractivity (Wildman–Crippen MR) is 86.8 cm³/mol. The van der Waals surface area contributed by atoms with Gasteiger partial charge in [-0.3, -0.25) is 0 Å². The van der Waals surface area contributed by atoms with E-state index < -0.39 is 0 Å². The molecular formula is C15H21Br2ClO2. The predicted octanol–water partition coefficient (Wildman–Crippen LogP) is 4.61. The molecule has 4 fully saturated rings. The van der Waals surface area contributed by atoms with Gasteiger partial charge in [0.2, 0.25) is 0 Å². The van der Waals surface area contributed by atoms with E-state index in [1.807, 2.05) is 0 Å². The van der Waals surface area contributed by atoms with E-state index in [0.29, 0.717) is 4.83 Å². The summed E-state index contributed by atoms with van der Waals surface area (Å²) >= 11 is 14.4. The molecule has 2 saturated heterocycles. The largest absolute Gasteiger partial charge is 0.363 e. The molecule has 4 aliphatic rings. The minimum Gasteiger partial charge on any atom is -0.363 e. The molecule has 0 bridgehead atoms. The summed E-state index contributed by atoms with van der Waals surface area (Å²) in [6, 6.07) is 0. The molecule has 2 saturated carbocycles. The van der Waals surface area contributed by atoms with Crippen molar-refractivity contribution in [3.05, 3.63) is 0 Å². The zero-order valence-electron chi connectivity index (χ0n) is 12.3. The maximum atomic E-state index is 6.68. The number of epoxide rings is 2. The van der Waals surface area contributed by atoms with Crippen LogP contribution in [0.5, 0.6) is 0 Å². The van der Waals surface area contributed by atoms with Gasteiger partial charge in [0.05, 0.1) is 4.87 Å². The second-order valence-corrected chi connectivity index (χ2v) is 11.1. The van der Waals surface area contributed by atoms with E-state index in [-0.39, 0.29) is 38.0 Å². The maximum Gasteiger partial charge on any atom is 0.157 e. The minimum atomic E-state index is -0.215. The normalized spacial score (nSPS) is 66.5. The van der Waals surface area contributed by atoms with Gasteiger partial charge in [-0.25, -0.2) is 0 Å². The van der Waals surface area contributed by atoms with Gasteiger partial charge in [-0.2, -0.15) is 0 Å². The van der Waals surface area contributed by atoms with Crippen molar-refractivity contribution in [2.45, 2.75) is 79.0 Å². The fraction of sp³-hybridized carbons (Fsp3) is 1.00. The first kappa shape index (κ1) is 14.7. The zero-order chi connectivity index (χ0) is 14.8. The molecule has 2 aliphatic heterocycles. The van der Waals surface area contributed by atoms with Crippen LogP contribution in [-0.4, -0.2) is 32.0 Å². The SMILES string of the molecule is CC1(Cl)CC[C@@]2(CC1Br)C(C)(C)[C@]1(Br)O[C@@H]1[C@H]1O[C@]12C. The molecule has 7 atom stereocenters. The number of hydrogen-bond acceptors (Lipinski definition) is 2. The molecule has 4 rings (SSSR count). The number of fused-ring (bicyclic) bond motifs is 4. The summed E-state index contributed by atoms with van der Waals surface area (Å²) in [4.78, 5) is 0.140. The molecule has 5 heteroatoms. The summed E-state index contributed by atoms with van der Waals surface area (Å²) in [7, 11) is 0. The first-order chi connectivity index (χ1) is 9.02. The van der Waals surface area contributed by atoms with Crippen molar-refractivity contribution in [2.24, 2.45) is 10.8 Å². The van der Waals surface area contributed by atoms with Gasteiger partial charge in [0, 0.05) is 15.7 Å². The van der Waals surface area contributed by atoms with E-state index in [0.717, 1.165) is 19.3 Å². The number of ether oxygens (including phenoxy) is 2. The summed E-state index contributed by atoms with van der Waals surface area (Å²) in [6.45, 7) is 9.10. The molecule has 0 aromatic carbocycles. The Kier molecular flexibility index (Phi) is 2.68. The lowest BCUT2D eigenvalue weighted by Crippen LogP contribution is -2.62. The third-order valence-corrected chi connectivity index (χ3v) is 10.6. The van der Waals surface area contributed by atoms with E-state index in [1.54, 1.807) is 0 Å². The van der Waals surface area contributed by atoms with Gasteiger partial charge < -0.3 is 9.47 Å². The Balaban J connectivity index is 1.80. The average molecular weight is 429 g/mol. The lowest BCUT2D eigenvalue weighted by atomic mass is 9.47. The second-order valence-electron chi connectivity index (χ2n) is 7.99. The van der Waals surface area contributed by atoms with Crippen LogP contribution in [0.25, 0.3) is 0 Å². The highest BCUT2D eigenvalue weighted by atomic mass is 79.9. The molecule has 114 valence electrons. The average Bonchev–Trinajstić information content (AvgIpc) is 3.19. The van der Waals surface area contributed by atoms with Crippen LogP contribution in [0.3, 0.4) is 0 Å². The van der Waals surface area contributed by atoms with Crippen LogP contribution in [0.15, 0.2) is 0 Å². The van der Waals surface area contributed by atoms with Crippen molar-refractivity contribution >= 4 is 43.5 Å². The highest BCUT2D eigenvalue weighted by Crippen LogP contribution is 2.80. The van der Waals surface area contributed by atoms with Crippen molar-refractivity contribution in [2.75, 3.05) is 0 Å². The van der Waals surface area contributed by atoms with Gasteiger partial charge in [-0.1, -0.05) is 45.7 Å². The van der Waals surface area contributed by atoms with E-state index >= 15 is 0 Å². The van der Waals surface area contributed by atoms with E-state index in [2.05, 4.69) is 59.6 Å². The molecule has 2 heterocycles. The molecule has 0 aromatic heterocycles. The second kappa shape index (κ2) is 3.63. The van der Waals surface area contributed by atoms with E-state index in [9.17, 15) is 0 Å². The molecule has 20 heavy (non-hydrogen) atoms. The molecule has 2 nitrogen and oxygen atoms in total. The number of halogens is 3. The molecular weight excluding hydrogens is 407 g/mol. The molecule has 1 spiro atoms. The van der Waals surface area contributed by atoms with Gasteiger partial charge in [0.1, 0.15) is 17.8 Å². The standard InChI is InChI=1S/C15H21Br2ClO2/c1-11(2)14(6-5-12(3,18)8(16)7-14)13(4)9(19-13)10-15(11,17)20-10/h8-10H,5-7H2,1-4H3/t8?,9-,10-,12?,13-,14-,15-/m1/s1. The Morgan fingerprint density at radius 1 is 1.05 bits per heavy atom. The fourth-order valence-electron chi connectivity index (χ4n) is 5.08. The van der Waals surface area contributed by atoms with Crippen LogP contribution in [0, 0.1) is 10.8 Å². The monoisotopic (exact) mass is 426 g/mol. The van der Waals surface area contributed by atoms with Crippen LogP contribution >= 0.6 is 43.5 Å². The summed E-state index contributed by atoms with van der Waals surface area (Å²) in [6.07, 6.45) is 3.60. The number of rotatable bonds is 0. The van der Waals surface area contributed by atoms with Crippen LogP contribution in [0.2, 0.25) is 0 Å². The van der Waals surface area contributed by atoms with E-state index in [4.69, 9.17) is 21.1 Å². The summed E-state index contributed by atoms with van der Waals surface area (Å²) < 4.78 is 12.1. The third kappa shape index (κ3) is 1.36. The topological polar surface area (TPSA) is 25.1 Å². The molecule has 2 unspecified atom stereocenters. The molecule has 2 aliphatic carbocycles. The van der Waals surface area contributed by atoms with Gasteiger partial charge in [0.25, 0.3) is 0 Å². The zero-order valence-corrected chi connectivity index (χ0v) is 16.2. The lowest BCUT2D eigenvalue weighted by Gasteiger charge is -2.58. The Bertz CT molecular complexity index is 496. The molecule has 0 radical (unpaired) electrons. The molecule has 0 amide bonds.